The first kappa shape index (κ1) is 18.7. The molecule has 0 saturated carbocycles. The fourth-order valence-corrected chi connectivity index (χ4v) is 3.42. The normalized spacial score (nSPS) is 11.2. The van der Waals surface area contributed by atoms with Gasteiger partial charge in [-0.3, -0.25) is 4.99 Å². The lowest BCUT2D eigenvalue weighted by Crippen LogP contribution is -2.02. The molecule has 3 rings (SSSR count). The van der Waals surface area contributed by atoms with E-state index in [0.717, 1.165) is 28.3 Å². The van der Waals surface area contributed by atoms with Gasteiger partial charge >= 0.3 is 5.97 Å². The van der Waals surface area contributed by atoms with Crippen molar-refractivity contribution in [3.05, 3.63) is 79.6 Å². The molecule has 6 heteroatoms. The number of hydrogen-bond donors (Lipinski definition) is 1. The molecule has 0 saturated heterocycles. The van der Waals surface area contributed by atoms with E-state index in [0.29, 0.717) is 0 Å². The molecule has 1 aromatic heterocycles. The van der Waals surface area contributed by atoms with E-state index in [-0.39, 0.29) is 10.6 Å². The zero-order valence-corrected chi connectivity index (χ0v) is 17.1. The van der Waals surface area contributed by atoms with Gasteiger partial charge in [0.05, 0.1) is 16.3 Å². The third-order valence-electron chi connectivity index (χ3n) is 4.09. The molecule has 0 aliphatic carbocycles. The lowest BCUT2D eigenvalue weighted by Gasteiger charge is -2.11. The molecule has 132 valence electrons. The largest absolute Gasteiger partial charge is 0.478 e. The maximum absolute atomic E-state index is 11.1. The highest BCUT2D eigenvalue weighted by atomic mass is 127. The molecule has 1 N–H and O–H groups in total. The fraction of sp³-hybridized carbons (Fsp3) is 0.100. The van der Waals surface area contributed by atoms with Gasteiger partial charge in [-0.1, -0.05) is 11.6 Å². The van der Waals surface area contributed by atoms with Crippen LogP contribution in [-0.4, -0.2) is 21.9 Å². The average Bonchev–Trinajstić information content (AvgIpc) is 2.87. The van der Waals surface area contributed by atoms with Crippen LogP contribution in [0.3, 0.4) is 0 Å². The molecule has 0 unspecified atom stereocenters. The van der Waals surface area contributed by atoms with E-state index in [1.807, 2.05) is 55.0 Å². The number of nitrogens with zero attached hydrogens (tertiary/aromatic N) is 2. The predicted octanol–water partition coefficient (Wildman–Crippen LogP) is 5.80. The maximum Gasteiger partial charge on any atom is 0.337 e. The summed E-state index contributed by atoms with van der Waals surface area (Å²) < 4.78 is 3.20. The van der Waals surface area contributed by atoms with Crippen LogP contribution in [0.4, 0.5) is 5.69 Å². The average molecular weight is 479 g/mol. The lowest BCUT2D eigenvalue weighted by atomic mass is 10.2. The number of aliphatic imine (C=N–C) groups is 1. The second-order valence-corrected chi connectivity index (χ2v) is 7.52. The van der Waals surface area contributed by atoms with Gasteiger partial charge in [0.15, 0.2) is 0 Å². The molecule has 0 atom stereocenters. The van der Waals surface area contributed by atoms with E-state index in [4.69, 9.17) is 16.7 Å². The van der Waals surface area contributed by atoms with Crippen LogP contribution in [0, 0.1) is 17.4 Å². The molecule has 0 amide bonds. The van der Waals surface area contributed by atoms with Gasteiger partial charge in [-0.2, -0.15) is 0 Å². The molecule has 3 aromatic rings. The van der Waals surface area contributed by atoms with Crippen LogP contribution >= 0.6 is 34.2 Å². The van der Waals surface area contributed by atoms with Gasteiger partial charge in [0.1, 0.15) is 0 Å². The minimum absolute atomic E-state index is 0.0957. The van der Waals surface area contributed by atoms with Gasteiger partial charge in [0.25, 0.3) is 0 Å². The van der Waals surface area contributed by atoms with Crippen LogP contribution in [0.2, 0.25) is 5.02 Å². The number of rotatable bonds is 4. The first-order chi connectivity index (χ1) is 12.4. The first-order valence-corrected chi connectivity index (χ1v) is 9.34. The molecule has 26 heavy (non-hydrogen) atoms. The van der Waals surface area contributed by atoms with Gasteiger partial charge in [-0.25, -0.2) is 4.79 Å². The van der Waals surface area contributed by atoms with Crippen molar-refractivity contribution >= 4 is 52.1 Å². The molecule has 2 aromatic carbocycles. The van der Waals surface area contributed by atoms with E-state index < -0.39 is 5.97 Å². The lowest BCUT2D eigenvalue weighted by molar-refractivity contribution is 0.0697. The summed E-state index contributed by atoms with van der Waals surface area (Å²) >= 11 is 8.38. The standard InChI is InChI=1S/C20H16ClIN2O2/c1-12-9-14(11-23-16-5-3-15(22)4-6-16)13(2)24(12)17-7-8-18(20(25)26)19(21)10-17/h3-11H,1-2H3,(H,25,26). The third-order valence-corrected chi connectivity index (χ3v) is 5.12. The maximum atomic E-state index is 11.1. The second kappa shape index (κ2) is 7.63. The van der Waals surface area contributed by atoms with Gasteiger partial charge in [0, 0.05) is 32.4 Å². The van der Waals surface area contributed by atoms with Crippen LogP contribution < -0.4 is 0 Å². The Labute approximate surface area is 170 Å². The van der Waals surface area contributed by atoms with Crippen molar-refractivity contribution in [1.29, 1.82) is 0 Å². The van der Waals surface area contributed by atoms with Crippen molar-refractivity contribution in [1.82, 2.24) is 4.57 Å². The summed E-state index contributed by atoms with van der Waals surface area (Å²) in [5.41, 5.74) is 4.84. The van der Waals surface area contributed by atoms with Crippen LogP contribution in [0.25, 0.3) is 5.69 Å². The van der Waals surface area contributed by atoms with Crippen LogP contribution in [0.5, 0.6) is 0 Å². The second-order valence-electron chi connectivity index (χ2n) is 5.87. The van der Waals surface area contributed by atoms with E-state index in [1.165, 1.54) is 9.64 Å². The molecule has 1 heterocycles. The van der Waals surface area contributed by atoms with E-state index in [9.17, 15) is 4.79 Å². The SMILES string of the molecule is Cc1cc(C=Nc2ccc(I)cc2)c(C)n1-c1ccc(C(=O)O)c(Cl)c1. The van der Waals surface area contributed by atoms with Crippen molar-refractivity contribution in [3.8, 4) is 5.69 Å². The zero-order chi connectivity index (χ0) is 18.8. The molecule has 0 radical (unpaired) electrons. The number of aromatic nitrogens is 1. The minimum atomic E-state index is -1.03. The van der Waals surface area contributed by atoms with Gasteiger partial charge in [-0.15, -0.1) is 0 Å². The quantitative estimate of drug-likeness (QED) is 0.380. The Balaban J connectivity index is 1.97. The zero-order valence-electron chi connectivity index (χ0n) is 14.2. The molecule has 0 bridgehead atoms. The number of aromatic carboxylic acids is 1. The molecule has 0 aliphatic rings. The van der Waals surface area contributed by atoms with E-state index in [2.05, 4.69) is 27.6 Å². The van der Waals surface area contributed by atoms with Crippen LogP contribution in [0.15, 0.2) is 53.5 Å². The molecular weight excluding hydrogens is 463 g/mol. The summed E-state index contributed by atoms with van der Waals surface area (Å²) in [6.07, 6.45) is 1.84. The summed E-state index contributed by atoms with van der Waals surface area (Å²) in [4.78, 5) is 15.7. The van der Waals surface area contributed by atoms with Crippen molar-refractivity contribution in [2.45, 2.75) is 13.8 Å². The minimum Gasteiger partial charge on any atom is -0.478 e. The topological polar surface area (TPSA) is 54.6 Å². The summed E-state index contributed by atoms with van der Waals surface area (Å²) in [5, 5.41) is 9.35. The number of carbonyl (C=O) groups is 1. The van der Waals surface area contributed by atoms with Crippen molar-refractivity contribution < 1.29 is 9.90 Å². The molecule has 0 spiro atoms. The number of aryl methyl sites for hydroxylation is 1. The monoisotopic (exact) mass is 478 g/mol. The summed E-state index contributed by atoms with van der Waals surface area (Å²) in [7, 11) is 0. The number of carboxylic acids is 1. The van der Waals surface area contributed by atoms with Crippen molar-refractivity contribution in [3.63, 3.8) is 0 Å². The summed E-state index contributed by atoms with van der Waals surface area (Å²) in [5.74, 6) is -1.03. The highest BCUT2D eigenvalue weighted by molar-refractivity contribution is 14.1. The van der Waals surface area contributed by atoms with E-state index >= 15 is 0 Å². The first-order valence-electron chi connectivity index (χ1n) is 7.88. The molecule has 0 fully saturated rings. The summed E-state index contributed by atoms with van der Waals surface area (Å²) in [6.45, 7) is 4.00. The van der Waals surface area contributed by atoms with Crippen LogP contribution in [-0.2, 0) is 0 Å². The molecule has 4 nitrogen and oxygen atoms in total. The van der Waals surface area contributed by atoms with Gasteiger partial charge in [-0.05, 0) is 85.0 Å². The Morgan fingerprint density at radius 2 is 1.85 bits per heavy atom. The fourth-order valence-electron chi connectivity index (χ4n) is 2.80. The van der Waals surface area contributed by atoms with Crippen LogP contribution in [0.1, 0.15) is 27.3 Å². The Morgan fingerprint density at radius 1 is 1.15 bits per heavy atom. The number of carboxylic acid groups (broad SMARTS) is 1. The molecular formula is C20H16ClIN2O2. The van der Waals surface area contributed by atoms with Crippen molar-refractivity contribution in [2.75, 3.05) is 0 Å². The Morgan fingerprint density at radius 3 is 2.46 bits per heavy atom. The smallest absolute Gasteiger partial charge is 0.337 e. The number of hydrogen-bond acceptors (Lipinski definition) is 2. The Kier molecular flexibility index (Phi) is 5.48. The van der Waals surface area contributed by atoms with Gasteiger partial charge < -0.3 is 9.67 Å². The van der Waals surface area contributed by atoms with Gasteiger partial charge in [0.2, 0.25) is 0 Å². The van der Waals surface area contributed by atoms with E-state index in [1.54, 1.807) is 12.1 Å². The number of benzene rings is 2. The molecule has 0 aliphatic heterocycles. The number of halogens is 2. The summed E-state index contributed by atoms with van der Waals surface area (Å²) in [6, 6.07) is 15.0. The predicted molar refractivity (Wildman–Crippen MR) is 114 cm³/mol. The van der Waals surface area contributed by atoms with Crippen molar-refractivity contribution in [2.24, 2.45) is 4.99 Å². The third kappa shape index (κ3) is 3.83. The Bertz CT molecular complexity index is 1010. The highest BCUT2D eigenvalue weighted by Crippen LogP contribution is 2.25. The highest BCUT2D eigenvalue weighted by Gasteiger charge is 2.13. The Hall–Kier alpha value is -2.12.